The van der Waals surface area contributed by atoms with E-state index in [0.717, 1.165) is 10.9 Å². The molecule has 2 N–H and O–H groups in total. The quantitative estimate of drug-likeness (QED) is 0.750. The van der Waals surface area contributed by atoms with Crippen LogP contribution < -0.4 is 5.32 Å². The molecule has 0 saturated carbocycles. The number of nitrogens with zero attached hydrogens (tertiary/aromatic N) is 1. The van der Waals surface area contributed by atoms with Gasteiger partial charge in [-0.1, -0.05) is 15.9 Å². The molecule has 0 saturated heterocycles. The van der Waals surface area contributed by atoms with Crippen molar-refractivity contribution in [2.75, 3.05) is 5.32 Å². The molecule has 3 rings (SSSR count). The predicted octanol–water partition coefficient (Wildman–Crippen LogP) is 3.72. The first kappa shape index (κ1) is 12.8. The third-order valence-corrected chi connectivity index (χ3v) is 3.28. The van der Waals surface area contributed by atoms with E-state index in [1.54, 1.807) is 24.4 Å². The van der Waals surface area contributed by atoms with Crippen molar-refractivity contribution in [3.63, 3.8) is 0 Å². The summed E-state index contributed by atoms with van der Waals surface area (Å²) in [6.07, 6.45) is 1.70. The van der Waals surface area contributed by atoms with Crippen molar-refractivity contribution >= 4 is 38.4 Å². The molecule has 1 heterocycles. The Balaban J connectivity index is 1.87. The van der Waals surface area contributed by atoms with E-state index < -0.39 is 5.82 Å². The molecule has 0 unspecified atom stereocenters. The summed E-state index contributed by atoms with van der Waals surface area (Å²) >= 11 is 3.16. The second kappa shape index (κ2) is 5.05. The number of aromatic nitrogens is 2. The third kappa shape index (κ3) is 2.55. The van der Waals surface area contributed by atoms with E-state index in [0.29, 0.717) is 10.2 Å². The Labute approximate surface area is 122 Å². The summed E-state index contributed by atoms with van der Waals surface area (Å²) in [6.45, 7) is 0. The van der Waals surface area contributed by atoms with Crippen LogP contribution in [0.2, 0.25) is 0 Å². The van der Waals surface area contributed by atoms with Crippen LogP contribution >= 0.6 is 15.9 Å². The van der Waals surface area contributed by atoms with Crippen molar-refractivity contribution in [2.45, 2.75) is 0 Å². The van der Waals surface area contributed by atoms with Crippen LogP contribution in [0.5, 0.6) is 0 Å². The number of aromatic amines is 1. The minimum Gasteiger partial charge on any atom is -0.322 e. The fraction of sp³-hybridized carbons (Fsp3) is 0. The van der Waals surface area contributed by atoms with E-state index in [1.165, 1.54) is 12.1 Å². The molecule has 2 aromatic carbocycles. The molecule has 0 fully saturated rings. The third-order valence-electron chi connectivity index (χ3n) is 2.82. The van der Waals surface area contributed by atoms with Gasteiger partial charge in [-0.15, -0.1) is 0 Å². The highest BCUT2D eigenvalue weighted by Gasteiger charge is 2.09. The SMILES string of the molecule is O=C(Nc1ccc2cn[nH]c2c1)c1cc(F)cc(Br)c1. The van der Waals surface area contributed by atoms with Gasteiger partial charge in [-0.25, -0.2) is 4.39 Å². The number of H-pyrrole nitrogens is 1. The number of hydrogen-bond acceptors (Lipinski definition) is 2. The molecule has 4 nitrogen and oxygen atoms in total. The van der Waals surface area contributed by atoms with Crippen LogP contribution in [0.15, 0.2) is 47.1 Å². The summed E-state index contributed by atoms with van der Waals surface area (Å²) in [6, 6.07) is 9.43. The molecule has 100 valence electrons. The zero-order valence-corrected chi connectivity index (χ0v) is 11.7. The highest BCUT2D eigenvalue weighted by molar-refractivity contribution is 9.10. The topological polar surface area (TPSA) is 57.8 Å². The van der Waals surface area contributed by atoms with Gasteiger partial charge in [0.15, 0.2) is 0 Å². The maximum atomic E-state index is 13.3. The summed E-state index contributed by atoms with van der Waals surface area (Å²) in [7, 11) is 0. The number of fused-ring (bicyclic) bond motifs is 1. The van der Waals surface area contributed by atoms with Crippen LogP contribution in [-0.4, -0.2) is 16.1 Å². The maximum Gasteiger partial charge on any atom is 0.255 e. The van der Waals surface area contributed by atoms with E-state index in [2.05, 4.69) is 31.4 Å². The normalized spacial score (nSPS) is 10.7. The minimum atomic E-state index is -0.464. The second-order valence-electron chi connectivity index (χ2n) is 4.28. The highest BCUT2D eigenvalue weighted by atomic mass is 79.9. The molecule has 0 aliphatic heterocycles. The van der Waals surface area contributed by atoms with Crippen LogP contribution in [-0.2, 0) is 0 Å². The molecular weight excluding hydrogens is 325 g/mol. The van der Waals surface area contributed by atoms with Crippen molar-refractivity contribution in [1.29, 1.82) is 0 Å². The van der Waals surface area contributed by atoms with Gasteiger partial charge in [0, 0.05) is 21.1 Å². The Bertz CT molecular complexity index is 780. The van der Waals surface area contributed by atoms with Crippen molar-refractivity contribution < 1.29 is 9.18 Å². The van der Waals surface area contributed by atoms with Gasteiger partial charge in [-0.05, 0) is 36.4 Å². The van der Waals surface area contributed by atoms with Crippen LogP contribution in [0, 0.1) is 5.82 Å². The van der Waals surface area contributed by atoms with E-state index in [4.69, 9.17) is 0 Å². The molecule has 1 amide bonds. The maximum absolute atomic E-state index is 13.3. The van der Waals surface area contributed by atoms with Gasteiger partial charge in [-0.3, -0.25) is 9.89 Å². The standard InChI is InChI=1S/C14H9BrFN3O/c15-10-3-9(4-11(16)5-10)14(20)18-12-2-1-8-7-17-19-13(8)6-12/h1-7H,(H,17,19)(H,18,20). The molecule has 0 atom stereocenters. The van der Waals surface area contributed by atoms with Gasteiger partial charge < -0.3 is 5.32 Å². The van der Waals surface area contributed by atoms with Crippen LogP contribution in [0.25, 0.3) is 10.9 Å². The van der Waals surface area contributed by atoms with Crippen molar-refractivity contribution in [1.82, 2.24) is 10.2 Å². The lowest BCUT2D eigenvalue weighted by Gasteiger charge is -2.06. The fourth-order valence-electron chi connectivity index (χ4n) is 1.90. The molecule has 0 bridgehead atoms. The number of carbonyl (C=O) groups is 1. The first-order chi connectivity index (χ1) is 9.61. The van der Waals surface area contributed by atoms with Crippen molar-refractivity contribution in [3.05, 3.63) is 58.4 Å². The van der Waals surface area contributed by atoms with E-state index in [-0.39, 0.29) is 11.5 Å². The van der Waals surface area contributed by atoms with Crippen LogP contribution in [0.1, 0.15) is 10.4 Å². The number of anilines is 1. The Morgan fingerprint density at radius 1 is 1.25 bits per heavy atom. The van der Waals surface area contributed by atoms with Crippen molar-refractivity contribution in [3.8, 4) is 0 Å². The molecule has 3 aromatic rings. The zero-order chi connectivity index (χ0) is 14.1. The van der Waals surface area contributed by atoms with Gasteiger partial charge in [-0.2, -0.15) is 5.10 Å². The molecule has 1 aromatic heterocycles. The van der Waals surface area contributed by atoms with E-state index in [9.17, 15) is 9.18 Å². The number of amides is 1. The predicted molar refractivity (Wildman–Crippen MR) is 78.1 cm³/mol. The molecule has 0 spiro atoms. The summed E-state index contributed by atoms with van der Waals surface area (Å²) in [5.41, 5.74) is 1.69. The molecule has 0 radical (unpaired) electrons. The van der Waals surface area contributed by atoms with Crippen LogP contribution in [0.3, 0.4) is 0 Å². The molecule has 0 aliphatic carbocycles. The number of benzene rings is 2. The Kier molecular flexibility index (Phi) is 3.23. The first-order valence-electron chi connectivity index (χ1n) is 5.82. The van der Waals surface area contributed by atoms with E-state index in [1.807, 2.05) is 6.07 Å². The molecule has 0 aliphatic rings. The molecule has 20 heavy (non-hydrogen) atoms. The van der Waals surface area contributed by atoms with Gasteiger partial charge in [0.25, 0.3) is 5.91 Å². The van der Waals surface area contributed by atoms with Gasteiger partial charge in [0.05, 0.1) is 11.7 Å². The van der Waals surface area contributed by atoms with E-state index >= 15 is 0 Å². The number of nitrogens with one attached hydrogen (secondary N) is 2. The Morgan fingerprint density at radius 2 is 2.10 bits per heavy atom. The highest BCUT2D eigenvalue weighted by Crippen LogP contribution is 2.19. The largest absolute Gasteiger partial charge is 0.322 e. The van der Waals surface area contributed by atoms with Gasteiger partial charge >= 0.3 is 0 Å². The lowest BCUT2D eigenvalue weighted by atomic mass is 10.2. The summed E-state index contributed by atoms with van der Waals surface area (Å²) in [5, 5.41) is 10.4. The summed E-state index contributed by atoms with van der Waals surface area (Å²) < 4.78 is 13.8. The number of hydrogen-bond donors (Lipinski definition) is 2. The lowest BCUT2D eigenvalue weighted by molar-refractivity contribution is 0.102. The summed E-state index contributed by atoms with van der Waals surface area (Å²) in [4.78, 5) is 12.1. The van der Waals surface area contributed by atoms with Gasteiger partial charge in [0.2, 0.25) is 0 Å². The zero-order valence-electron chi connectivity index (χ0n) is 10.2. The Hall–Kier alpha value is -2.21. The monoisotopic (exact) mass is 333 g/mol. The minimum absolute atomic E-state index is 0.251. The number of carbonyl (C=O) groups excluding carboxylic acids is 1. The average molecular weight is 334 g/mol. The number of rotatable bonds is 2. The second-order valence-corrected chi connectivity index (χ2v) is 5.20. The Morgan fingerprint density at radius 3 is 2.90 bits per heavy atom. The van der Waals surface area contributed by atoms with Gasteiger partial charge in [0.1, 0.15) is 5.82 Å². The smallest absolute Gasteiger partial charge is 0.255 e. The molecular formula is C14H9BrFN3O. The fourth-order valence-corrected chi connectivity index (χ4v) is 2.37. The van der Waals surface area contributed by atoms with Crippen LogP contribution in [0.4, 0.5) is 10.1 Å². The average Bonchev–Trinajstić information content (AvgIpc) is 2.85. The molecule has 6 heteroatoms. The number of halogens is 2. The van der Waals surface area contributed by atoms with Crippen molar-refractivity contribution in [2.24, 2.45) is 0 Å². The lowest BCUT2D eigenvalue weighted by Crippen LogP contribution is -2.12. The first-order valence-corrected chi connectivity index (χ1v) is 6.62. The summed E-state index contributed by atoms with van der Waals surface area (Å²) in [5.74, 6) is -0.836.